The lowest BCUT2D eigenvalue weighted by molar-refractivity contribution is -0.141. The van der Waals surface area contributed by atoms with Crippen molar-refractivity contribution >= 4 is 5.91 Å². The largest absolute Gasteiger partial charge is 0.435 e. The van der Waals surface area contributed by atoms with Crippen LogP contribution >= 0.6 is 0 Å². The van der Waals surface area contributed by atoms with Gasteiger partial charge in [-0.25, -0.2) is 0 Å². The second kappa shape index (κ2) is 8.03. The second-order valence-corrected chi connectivity index (χ2v) is 6.34. The van der Waals surface area contributed by atoms with E-state index in [0.717, 1.165) is 15.8 Å². The van der Waals surface area contributed by atoms with Gasteiger partial charge in [-0.1, -0.05) is 28.9 Å². The number of benzene rings is 1. The summed E-state index contributed by atoms with van der Waals surface area (Å²) in [5.41, 5.74) is 0.307. The minimum atomic E-state index is -4.66. The summed E-state index contributed by atoms with van der Waals surface area (Å²) in [6, 6.07) is 7.25. The normalized spacial score (nSPS) is 12.8. The van der Waals surface area contributed by atoms with Gasteiger partial charge in [-0.3, -0.25) is 9.48 Å². The summed E-state index contributed by atoms with van der Waals surface area (Å²) in [4.78, 5) is 16.8. The van der Waals surface area contributed by atoms with Gasteiger partial charge in [0, 0.05) is 25.8 Å². The van der Waals surface area contributed by atoms with Gasteiger partial charge in [0.25, 0.3) is 11.8 Å². The number of hydrogen-bond acceptors (Lipinski definition) is 6. The highest BCUT2D eigenvalue weighted by Crippen LogP contribution is 2.28. The topological polar surface area (TPSA) is 95.1 Å². The zero-order valence-electron chi connectivity index (χ0n) is 15.8. The van der Waals surface area contributed by atoms with E-state index in [2.05, 4.69) is 20.6 Å². The Morgan fingerprint density at radius 2 is 2.10 bits per heavy atom. The first-order valence-corrected chi connectivity index (χ1v) is 8.50. The minimum absolute atomic E-state index is 0.0226. The first-order valence-electron chi connectivity index (χ1n) is 8.50. The SMILES string of the molecule is COCC(NC(=O)c1cc(C(F)(F)F)nn1C)c1nc(-c2cccc(C)c2)no1. The number of halogens is 3. The first kappa shape index (κ1) is 20.5. The molecule has 0 bridgehead atoms. The fourth-order valence-electron chi connectivity index (χ4n) is 2.67. The number of aromatic nitrogens is 4. The molecule has 3 rings (SSSR count). The first-order chi connectivity index (χ1) is 13.7. The van der Waals surface area contributed by atoms with Gasteiger partial charge in [0.2, 0.25) is 5.82 Å². The van der Waals surface area contributed by atoms with E-state index in [-0.39, 0.29) is 18.2 Å². The predicted molar refractivity (Wildman–Crippen MR) is 94.8 cm³/mol. The zero-order valence-corrected chi connectivity index (χ0v) is 15.8. The average Bonchev–Trinajstić information content (AvgIpc) is 3.28. The monoisotopic (exact) mass is 409 g/mol. The summed E-state index contributed by atoms with van der Waals surface area (Å²) < 4.78 is 49.6. The molecule has 1 unspecified atom stereocenters. The van der Waals surface area contributed by atoms with Gasteiger partial charge < -0.3 is 14.6 Å². The van der Waals surface area contributed by atoms with E-state index in [1.165, 1.54) is 14.2 Å². The van der Waals surface area contributed by atoms with Crippen molar-refractivity contribution in [3.05, 3.63) is 53.2 Å². The van der Waals surface area contributed by atoms with Crippen molar-refractivity contribution in [2.24, 2.45) is 7.05 Å². The lowest BCUT2D eigenvalue weighted by atomic mass is 10.1. The van der Waals surface area contributed by atoms with Crippen LogP contribution in [-0.2, 0) is 18.0 Å². The molecule has 154 valence electrons. The summed E-state index contributed by atoms with van der Waals surface area (Å²) in [6.45, 7) is 1.90. The van der Waals surface area contributed by atoms with Crippen LogP contribution in [0.25, 0.3) is 11.4 Å². The lowest BCUT2D eigenvalue weighted by Crippen LogP contribution is -2.32. The number of nitrogens with zero attached hydrogens (tertiary/aromatic N) is 4. The molecule has 1 N–H and O–H groups in total. The fourth-order valence-corrected chi connectivity index (χ4v) is 2.67. The number of hydrogen-bond donors (Lipinski definition) is 1. The van der Waals surface area contributed by atoms with E-state index in [9.17, 15) is 18.0 Å². The van der Waals surface area contributed by atoms with E-state index < -0.39 is 23.8 Å². The summed E-state index contributed by atoms with van der Waals surface area (Å²) in [5, 5.41) is 9.78. The molecule has 0 saturated carbocycles. The number of rotatable bonds is 6. The Hall–Kier alpha value is -3.21. The number of methoxy groups -OCH3 is 1. The highest BCUT2D eigenvalue weighted by atomic mass is 19.4. The number of alkyl halides is 3. The summed E-state index contributed by atoms with van der Waals surface area (Å²) in [6.07, 6.45) is -4.66. The molecule has 3 aromatic rings. The lowest BCUT2D eigenvalue weighted by Gasteiger charge is -2.13. The molecule has 2 heterocycles. The molecule has 1 amide bonds. The third-order valence-corrected chi connectivity index (χ3v) is 4.06. The zero-order chi connectivity index (χ0) is 21.2. The number of carbonyl (C=O) groups is 1. The Morgan fingerprint density at radius 1 is 1.34 bits per heavy atom. The van der Waals surface area contributed by atoms with Gasteiger partial charge >= 0.3 is 6.18 Å². The van der Waals surface area contributed by atoms with Crippen molar-refractivity contribution in [2.45, 2.75) is 19.1 Å². The van der Waals surface area contributed by atoms with Crippen molar-refractivity contribution < 1.29 is 27.2 Å². The summed E-state index contributed by atoms with van der Waals surface area (Å²) in [7, 11) is 2.65. The van der Waals surface area contributed by atoms with E-state index in [0.29, 0.717) is 11.9 Å². The maximum Gasteiger partial charge on any atom is 0.435 e. The molecule has 0 spiro atoms. The molecule has 0 aliphatic heterocycles. The van der Waals surface area contributed by atoms with Crippen LogP contribution in [0, 0.1) is 6.92 Å². The predicted octanol–water partition coefficient (Wildman–Crippen LogP) is 2.91. The molecule has 2 aromatic heterocycles. The van der Waals surface area contributed by atoms with Gasteiger partial charge in [0.1, 0.15) is 11.7 Å². The molecule has 1 atom stereocenters. The molecule has 8 nitrogen and oxygen atoms in total. The molecule has 29 heavy (non-hydrogen) atoms. The molecule has 0 saturated heterocycles. The average molecular weight is 409 g/mol. The van der Waals surface area contributed by atoms with Crippen LogP contribution in [-0.4, -0.2) is 39.5 Å². The molecule has 11 heteroatoms. The number of amides is 1. The van der Waals surface area contributed by atoms with Gasteiger partial charge in [-0.05, 0) is 13.0 Å². The third kappa shape index (κ3) is 4.62. The number of ether oxygens (including phenoxy) is 1. The van der Waals surface area contributed by atoms with E-state index in [1.54, 1.807) is 6.07 Å². The molecular weight excluding hydrogens is 391 g/mol. The minimum Gasteiger partial charge on any atom is -0.382 e. The Bertz CT molecular complexity index is 1010. The standard InChI is InChI=1S/C18H18F3N5O3/c1-10-5-4-6-11(7-10)15-23-17(29-25-15)12(9-28-3)22-16(27)13-8-14(18(19,20)21)24-26(13)2/h4-8,12H,9H2,1-3H3,(H,22,27). The fraction of sp³-hybridized carbons (Fsp3) is 0.333. The van der Waals surface area contributed by atoms with E-state index >= 15 is 0 Å². The quantitative estimate of drug-likeness (QED) is 0.673. The number of aryl methyl sites for hydroxylation is 2. The Morgan fingerprint density at radius 3 is 2.72 bits per heavy atom. The van der Waals surface area contributed by atoms with Gasteiger partial charge in [-0.15, -0.1) is 0 Å². The van der Waals surface area contributed by atoms with Gasteiger partial charge in [0.05, 0.1) is 6.61 Å². The van der Waals surface area contributed by atoms with Gasteiger partial charge in [0.15, 0.2) is 5.69 Å². The Balaban J connectivity index is 1.82. The van der Waals surface area contributed by atoms with Crippen LogP contribution in [0.1, 0.15) is 33.7 Å². The molecule has 1 aromatic carbocycles. The Kier molecular flexibility index (Phi) is 5.69. The van der Waals surface area contributed by atoms with Crippen LogP contribution in [0.5, 0.6) is 0 Å². The highest BCUT2D eigenvalue weighted by Gasteiger charge is 2.36. The summed E-state index contributed by atoms with van der Waals surface area (Å²) in [5.74, 6) is -0.401. The third-order valence-electron chi connectivity index (χ3n) is 4.06. The summed E-state index contributed by atoms with van der Waals surface area (Å²) >= 11 is 0. The van der Waals surface area contributed by atoms with Crippen molar-refractivity contribution in [3.63, 3.8) is 0 Å². The van der Waals surface area contributed by atoms with E-state index in [1.807, 2.05) is 25.1 Å². The maximum absolute atomic E-state index is 12.8. The molecular formula is C18H18F3N5O3. The number of carbonyl (C=O) groups excluding carboxylic acids is 1. The Labute approximate surface area is 163 Å². The molecule has 0 aliphatic carbocycles. The molecule has 0 aliphatic rings. The van der Waals surface area contributed by atoms with Crippen molar-refractivity contribution in [2.75, 3.05) is 13.7 Å². The van der Waals surface area contributed by atoms with Crippen LogP contribution in [0.4, 0.5) is 13.2 Å². The van der Waals surface area contributed by atoms with Crippen LogP contribution in [0.15, 0.2) is 34.9 Å². The molecule has 0 fully saturated rings. The van der Waals surface area contributed by atoms with Gasteiger partial charge in [-0.2, -0.15) is 23.3 Å². The highest BCUT2D eigenvalue weighted by molar-refractivity contribution is 5.92. The van der Waals surface area contributed by atoms with Crippen molar-refractivity contribution in [1.82, 2.24) is 25.2 Å². The van der Waals surface area contributed by atoms with Crippen LogP contribution in [0.2, 0.25) is 0 Å². The smallest absolute Gasteiger partial charge is 0.382 e. The van der Waals surface area contributed by atoms with Crippen LogP contribution in [0.3, 0.4) is 0 Å². The van der Waals surface area contributed by atoms with E-state index in [4.69, 9.17) is 9.26 Å². The number of nitrogens with one attached hydrogen (secondary N) is 1. The second-order valence-electron chi connectivity index (χ2n) is 6.34. The van der Waals surface area contributed by atoms with Crippen molar-refractivity contribution in [3.8, 4) is 11.4 Å². The van der Waals surface area contributed by atoms with Crippen molar-refractivity contribution in [1.29, 1.82) is 0 Å². The van der Waals surface area contributed by atoms with Crippen LogP contribution < -0.4 is 5.32 Å². The molecule has 0 radical (unpaired) electrons. The maximum atomic E-state index is 12.8.